The molecule has 0 aromatic heterocycles. The standard InChI is InChI=1S/C29H24N2/c1-2-10-22(11-3-1)23-17-18-27-26-14-6-7-15-29(26)31-19-9-8-16-28(31)25-13-5-4-12-24(25)21-30(27)20-23/h1-18,20,27H,19,21H2. The van der Waals surface area contributed by atoms with E-state index in [-0.39, 0.29) is 6.04 Å². The Balaban J connectivity index is 1.55. The second kappa shape index (κ2) is 7.48. The van der Waals surface area contributed by atoms with Gasteiger partial charge in [0.15, 0.2) is 0 Å². The van der Waals surface area contributed by atoms with Crippen molar-refractivity contribution in [3.05, 3.63) is 138 Å². The molecule has 31 heavy (non-hydrogen) atoms. The topological polar surface area (TPSA) is 6.48 Å². The molecule has 3 heterocycles. The number of nitrogens with zero attached hydrogens (tertiary/aromatic N) is 2. The summed E-state index contributed by atoms with van der Waals surface area (Å²) in [4.78, 5) is 4.95. The monoisotopic (exact) mass is 400 g/mol. The van der Waals surface area contributed by atoms with Crippen molar-refractivity contribution >= 4 is 17.0 Å². The molecule has 6 rings (SSSR count). The molecule has 0 spiro atoms. The molecule has 0 amide bonds. The fourth-order valence-electron chi connectivity index (χ4n) is 4.90. The minimum absolute atomic E-state index is 0.196. The van der Waals surface area contributed by atoms with Gasteiger partial charge in [0.2, 0.25) is 0 Å². The molecule has 3 aliphatic rings. The average Bonchev–Trinajstić information content (AvgIpc) is 2.89. The molecular weight excluding hydrogens is 376 g/mol. The second-order valence-corrected chi connectivity index (χ2v) is 8.23. The number of benzene rings is 3. The third kappa shape index (κ3) is 3.12. The predicted octanol–water partition coefficient (Wildman–Crippen LogP) is 6.57. The van der Waals surface area contributed by atoms with Crippen molar-refractivity contribution in [3.8, 4) is 0 Å². The molecular formula is C29H24N2. The Labute approximate surface area is 183 Å². The van der Waals surface area contributed by atoms with Crippen molar-refractivity contribution in [2.24, 2.45) is 0 Å². The lowest BCUT2D eigenvalue weighted by Crippen LogP contribution is -2.26. The highest BCUT2D eigenvalue weighted by Gasteiger charge is 2.29. The Morgan fingerprint density at radius 3 is 2.55 bits per heavy atom. The summed E-state index contributed by atoms with van der Waals surface area (Å²) in [5.41, 5.74) is 9.08. The molecule has 2 heteroatoms. The van der Waals surface area contributed by atoms with E-state index < -0.39 is 0 Å². The zero-order valence-corrected chi connectivity index (χ0v) is 17.4. The van der Waals surface area contributed by atoms with Gasteiger partial charge in [-0.2, -0.15) is 0 Å². The molecule has 0 radical (unpaired) electrons. The van der Waals surface area contributed by atoms with Crippen LogP contribution in [0.1, 0.15) is 28.3 Å². The average molecular weight is 401 g/mol. The van der Waals surface area contributed by atoms with Gasteiger partial charge in [-0.3, -0.25) is 0 Å². The van der Waals surface area contributed by atoms with E-state index in [9.17, 15) is 0 Å². The van der Waals surface area contributed by atoms with Crippen LogP contribution in [0.2, 0.25) is 0 Å². The van der Waals surface area contributed by atoms with Crippen LogP contribution in [-0.4, -0.2) is 11.4 Å². The van der Waals surface area contributed by atoms with Crippen LogP contribution in [0.15, 0.2) is 115 Å². The molecule has 0 aliphatic carbocycles. The smallest absolute Gasteiger partial charge is 0.0748 e. The summed E-state index contributed by atoms with van der Waals surface area (Å²) in [7, 11) is 0. The van der Waals surface area contributed by atoms with Gasteiger partial charge in [0.25, 0.3) is 0 Å². The molecule has 3 aliphatic heterocycles. The third-order valence-corrected chi connectivity index (χ3v) is 6.39. The van der Waals surface area contributed by atoms with Crippen molar-refractivity contribution in [1.29, 1.82) is 0 Å². The van der Waals surface area contributed by atoms with Gasteiger partial charge in [0.1, 0.15) is 0 Å². The molecule has 1 unspecified atom stereocenters. The van der Waals surface area contributed by atoms with Crippen LogP contribution in [0.25, 0.3) is 11.3 Å². The fraction of sp³-hybridized carbons (Fsp3) is 0.103. The first-order valence-corrected chi connectivity index (χ1v) is 10.9. The van der Waals surface area contributed by atoms with Gasteiger partial charge < -0.3 is 9.80 Å². The van der Waals surface area contributed by atoms with Crippen molar-refractivity contribution in [2.75, 3.05) is 11.4 Å². The molecule has 0 bridgehead atoms. The number of hydrogen-bond donors (Lipinski definition) is 0. The van der Waals surface area contributed by atoms with E-state index in [4.69, 9.17) is 0 Å². The van der Waals surface area contributed by atoms with E-state index >= 15 is 0 Å². The lowest BCUT2D eigenvalue weighted by Gasteiger charge is -2.34. The maximum Gasteiger partial charge on any atom is 0.0748 e. The maximum atomic E-state index is 2.49. The zero-order valence-electron chi connectivity index (χ0n) is 17.4. The first-order chi connectivity index (χ1) is 15.4. The molecule has 3 aromatic carbocycles. The molecule has 150 valence electrons. The third-order valence-electron chi connectivity index (χ3n) is 6.39. The number of rotatable bonds is 1. The van der Waals surface area contributed by atoms with Gasteiger partial charge in [-0.15, -0.1) is 0 Å². The lowest BCUT2D eigenvalue weighted by molar-refractivity contribution is 0.315. The van der Waals surface area contributed by atoms with E-state index in [1.807, 2.05) is 0 Å². The first-order valence-electron chi connectivity index (χ1n) is 10.9. The van der Waals surface area contributed by atoms with Gasteiger partial charge in [-0.05, 0) is 28.8 Å². The van der Waals surface area contributed by atoms with E-state index in [2.05, 4.69) is 125 Å². The quantitative estimate of drug-likeness (QED) is 0.456. The van der Waals surface area contributed by atoms with Crippen LogP contribution >= 0.6 is 0 Å². The van der Waals surface area contributed by atoms with Gasteiger partial charge in [-0.25, -0.2) is 0 Å². The molecule has 0 saturated carbocycles. The SMILES string of the molecule is C1=CCN2C(=C1)c1ccccc1CN1C=C(c3ccccc3)C=CC1c1ccccc12. The second-order valence-electron chi connectivity index (χ2n) is 8.23. The summed E-state index contributed by atoms with van der Waals surface area (Å²) in [5, 5.41) is 0. The lowest BCUT2D eigenvalue weighted by atomic mass is 9.96. The zero-order chi connectivity index (χ0) is 20.6. The van der Waals surface area contributed by atoms with Crippen molar-refractivity contribution in [3.63, 3.8) is 0 Å². The molecule has 0 fully saturated rings. The van der Waals surface area contributed by atoms with Crippen LogP contribution in [0, 0.1) is 0 Å². The summed E-state index contributed by atoms with van der Waals surface area (Å²) in [5.74, 6) is 0. The number of fused-ring (bicyclic) bond motifs is 7. The highest BCUT2D eigenvalue weighted by Crippen LogP contribution is 2.42. The summed E-state index contributed by atoms with van der Waals surface area (Å²) >= 11 is 0. The minimum Gasteiger partial charge on any atom is -0.362 e. The van der Waals surface area contributed by atoms with Gasteiger partial charge in [0, 0.05) is 41.8 Å². The number of allylic oxidation sites excluding steroid dienone is 4. The van der Waals surface area contributed by atoms with Crippen LogP contribution in [0.3, 0.4) is 0 Å². The van der Waals surface area contributed by atoms with E-state index in [1.54, 1.807) is 0 Å². The number of hydrogen-bond acceptors (Lipinski definition) is 2. The van der Waals surface area contributed by atoms with Crippen LogP contribution in [0.5, 0.6) is 0 Å². The summed E-state index contributed by atoms with van der Waals surface area (Å²) in [6.45, 7) is 1.75. The van der Waals surface area contributed by atoms with Gasteiger partial charge in [-0.1, -0.05) is 97.1 Å². The first kappa shape index (κ1) is 18.0. The molecule has 1 atom stereocenters. The van der Waals surface area contributed by atoms with Crippen LogP contribution < -0.4 is 4.90 Å². The van der Waals surface area contributed by atoms with Gasteiger partial charge >= 0.3 is 0 Å². The largest absolute Gasteiger partial charge is 0.362 e. The number of anilines is 1. The highest BCUT2D eigenvalue weighted by atomic mass is 15.2. The van der Waals surface area contributed by atoms with E-state index in [0.717, 1.165) is 13.1 Å². The Morgan fingerprint density at radius 1 is 0.806 bits per heavy atom. The Morgan fingerprint density at radius 2 is 1.61 bits per heavy atom. The fourth-order valence-corrected chi connectivity index (χ4v) is 4.90. The summed E-state index contributed by atoms with van der Waals surface area (Å²) < 4.78 is 0. The van der Waals surface area contributed by atoms with Crippen molar-refractivity contribution in [1.82, 2.24) is 4.90 Å². The molecule has 2 nitrogen and oxygen atoms in total. The predicted molar refractivity (Wildman–Crippen MR) is 129 cm³/mol. The highest BCUT2D eigenvalue weighted by molar-refractivity contribution is 5.85. The molecule has 3 aromatic rings. The van der Waals surface area contributed by atoms with E-state index in [1.165, 1.54) is 39.2 Å². The molecule has 0 N–H and O–H groups in total. The van der Waals surface area contributed by atoms with Crippen molar-refractivity contribution < 1.29 is 0 Å². The van der Waals surface area contributed by atoms with Crippen molar-refractivity contribution in [2.45, 2.75) is 12.6 Å². The summed E-state index contributed by atoms with van der Waals surface area (Å²) in [6, 6.07) is 28.6. The Bertz CT molecular complexity index is 1250. The minimum atomic E-state index is 0.196. The normalized spacial score (nSPS) is 19.0. The molecule has 0 saturated heterocycles. The van der Waals surface area contributed by atoms with Gasteiger partial charge in [0.05, 0.1) is 6.04 Å². The Kier molecular flexibility index (Phi) is 4.35. The Hall–Kier alpha value is -3.78. The van der Waals surface area contributed by atoms with Crippen LogP contribution in [0.4, 0.5) is 5.69 Å². The van der Waals surface area contributed by atoms with Crippen LogP contribution in [-0.2, 0) is 6.54 Å². The number of para-hydroxylation sites is 1. The summed E-state index contributed by atoms with van der Waals surface area (Å²) in [6.07, 6.45) is 13.7. The van der Waals surface area contributed by atoms with E-state index in [0.29, 0.717) is 0 Å². The maximum absolute atomic E-state index is 2.49.